The third kappa shape index (κ3) is 3.25. The number of hydrogen-bond donors (Lipinski definition) is 1. The number of rotatable bonds is 4. The van der Waals surface area contributed by atoms with Crippen LogP contribution in [0.25, 0.3) is 0 Å². The Morgan fingerprint density at radius 1 is 1.25 bits per heavy atom. The van der Waals surface area contributed by atoms with Crippen LogP contribution in [0.5, 0.6) is 0 Å². The average Bonchev–Trinajstić information content (AvgIpc) is 2.49. The maximum Gasteiger partial charge on any atom is 0.331 e. The van der Waals surface area contributed by atoms with Gasteiger partial charge in [0.1, 0.15) is 5.54 Å². The number of anilines is 1. The van der Waals surface area contributed by atoms with Gasteiger partial charge in [-0.05, 0) is 49.9 Å². The van der Waals surface area contributed by atoms with Crippen LogP contribution in [0.1, 0.15) is 25.7 Å². The number of carbonyl (C=O) groups is 1. The minimum Gasteiger partial charge on any atom is -0.467 e. The number of benzene rings is 1. The van der Waals surface area contributed by atoms with Crippen molar-refractivity contribution < 1.29 is 14.3 Å². The maximum absolute atomic E-state index is 12.2. The molecular weight excluding hydrogens is 278 g/mol. The quantitative estimate of drug-likeness (QED) is 0.867. The Labute approximate surface area is 124 Å². The minimum atomic E-state index is -0.669. The van der Waals surface area contributed by atoms with Gasteiger partial charge in [-0.1, -0.05) is 11.6 Å². The molecule has 110 valence electrons. The van der Waals surface area contributed by atoms with Crippen molar-refractivity contribution in [1.29, 1.82) is 0 Å². The molecule has 1 aromatic rings. The third-order valence-corrected chi connectivity index (χ3v) is 4.18. The van der Waals surface area contributed by atoms with Crippen LogP contribution in [0.4, 0.5) is 5.69 Å². The maximum atomic E-state index is 12.2. The van der Waals surface area contributed by atoms with Gasteiger partial charge in [-0.15, -0.1) is 0 Å². The smallest absolute Gasteiger partial charge is 0.331 e. The first-order valence-corrected chi connectivity index (χ1v) is 7.12. The Hall–Kier alpha value is -1.26. The molecule has 1 aromatic carbocycles. The van der Waals surface area contributed by atoms with Crippen molar-refractivity contribution in [3.63, 3.8) is 0 Å². The molecule has 0 unspecified atom stereocenters. The van der Waals surface area contributed by atoms with E-state index in [-0.39, 0.29) is 12.1 Å². The summed E-state index contributed by atoms with van der Waals surface area (Å²) in [6, 6.07) is 7.34. The molecule has 0 heterocycles. The van der Waals surface area contributed by atoms with Crippen LogP contribution in [0.15, 0.2) is 24.3 Å². The van der Waals surface area contributed by atoms with Gasteiger partial charge in [-0.3, -0.25) is 0 Å². The molecule has 1 saturated carbocycles. The second-order valence-electron chi connectivity index (χ2n) is 5.14. The molecule has 5 heteroatoms. The largest absolute Gasteiger partial charge is 0.467 e. The summed E-state index contributed by atoms with van der Waals surface area (Å²) in [6.45, 7) is 0. The number of nitrogens with one attached hydrogen (secondary N) is 1. The van der Waals surface area contributed by atoms with Crippen molar-refractivity contribution in [3.8, 4) is 0 Å². The predicted octanol–water partition coefficient (Wildman–Crippen LogP) is 3.25. The van der Waals surface area contributed by atoms with Gasteiger partial charge < -0.3 is 14.8 Å². The van der Waals surface area contributed by atoms with Gasteiger partial charge in [-0.2, -0.15) is 0 Å². The Balaban J connectivity index is 2.16. The van der Waals surface area contributed by atoms with E-state index in [1.54, 1.807) is 19.2 Å². The molecule has 2 rings (SSSR count). The van der Waals surface area contributed by atoms with Crippen LogP contribution < -0.4 is 5.32 Å². The lowest BCUT2D eigenvalue weighted by Gasteiger charge is -2.38. The Morgan fingerprint density at radius 2 is 1.85 bits per heavy atom. The molecule has 0 bridgehead atoms. The van der Waals surface area contributed by atoms with Gasteiger partial charge in [-0.25, -0.2) is 4.79 Å². The van der Waals surface area contributed by atoms with Gasteiger partial charge in [0.05, 0.1) is 13.2 Å². The Morgan fingerprint density at radius 3 is 2.35 bits per heavy atom. The van der Waals surface area contributed by atoms with E-state index in [4.69, 9.17) is 21.1 Å². The van der Waals surface area contributed by atoms with Crippen molar-refractivity contribution in [2.75, 3.05) is 19.5 Å². The summed E-state index contributed by atoms with van der Waals surface area (Å²) in [5.74, 6) is -0.220. The first-order valence-electron chi connectivity index (χ1n) is 6.74. The number of carbonyl (C=O) groups excluding carboxylic acids is 1. The number of hydrogen-bond acceptors (Lipinski definition) is 4. The van der Waals surface area contributed by atoms with Crippen molar-refractivity contribution in [2.45, 2.75) is 37.3 Å². The second-order valence-corrected chi connectivity index (χ2v) is 5.58. The summed E-state index contributed by atoms with van der Waals surface area (Å²) in [7, 11) is 3.14. The van der Waals surface area contributed by atoms with E-state index in [1.807, 2.05) is 12.1 Å². The van der Waals surface area contributed by atoms with Crippen molar-refractivity contribution >= 4 is 23.3 Å². The fourth-order valence-electron chi connectivity index (χ4n) is 2.70. The van der Waals surface area contributed by atoms with Gasteiger partial charge in [0, 0.05) is 17.8 Å². The highest BCUT2D eigenvalue weighted by Crippen LogP contribution is 2.34. The molecule has 0 radical (unpaired) electrons. The van der Waals surface area contributed by atoms with Crippen molar-refractivity contribution in [2.24, 2.45) is 0 Å². The molecule has 0 aromatic heterocycles. The molecule has 4 nitrogen and oxygen atoms in total. The fourth-order valence-corrected chi connectivity index (χ4v) is 2.83. The van der Waals surface area contributed by atoms with Crippen LogP contribution in [0.3, 0.4) is 0 Å². The Kier molecular flexibility index (Phi) is 4.89. The van der Waals surface area contributed by atoms with Crippen LogP contribution in [-0.4, -0.2) is 31.8 Å². The molecule has 1 N–H and O–H groups in total. The molecule has 1 aliphatic carbocycles. The molecule has 1 fully saturated rings. The van der Waals surface area contributed by atoms with E-state index in [1.165, 1.54) is 7.11 Å². The van der Waals surface area contributed by atoms with Gasteiger partial charge in [0.15, 0.2) is 0 Å². The average molecular weight is 298 g/mol. The van der Waals surface area contributed by atoms with E-state index in [2.05, 4.69) is 5.32 Å². The zero-order valence-electron chi connectivity index (χ0n) is 11.8. The molecular formula is C15H20ClNO3. The SMILES string of the molecule is COC(=O)C1(Nc2ccc(Cl)cc2)CCC(OC)CC1. The van der Waals surface area contributed by atoms with Crippen LogP contribution >= 0.6 is 11.6 Å². The predicted molar refractivity (Wildman–Crippen MR) is 79.1 cm³/mol. The van der Waals surface area contributed by atoms with Gasteiger partial charge in [0.25, 0.3) is 0 Å². The Bertz CT molecular complexity index is 453. The first-order chi connectivity index (χ1) is 9.59. The summed E-state index contributed by atoms with van der Waals surface area (Å²) in [6.07, 6.45) is 3.29. The molecule has 0 saturated heterocycles. The van der Waals surface area contributed by atoms with E-state index < -0.39 is 5.54 Å². The number of esters is 1. The summed E-state index contributed by atoms with van der Waals surface area (Å²) in [5, 5.41) is 4.00. The lowest BCUT2D eigenvalue weighted by molar-refractivity contribution is -0.148. The minimum absolute atomic E-state index is 0.220. The van der Waals surface area contributed by atoms with Crippen LogP contribution in [-0.2, 0) is 14.3 Å². The molecule has 1 aliphatic rings. The molecule has 0 atom stereocenters. The number of methoxy groups -OCH3 is 2. The van der Waals surface area contributed by atoms with Crippen LogP contribution in [0, 0.1) is 0 Å². The summed E-state index contributed by atoms with van der Waals surface area (Å²) < 4.78 is 10.4. The van der Waals surface area contributed by atoms with E-state index >= 15 is 0 Å². The summed E-state index contributed by atoms with van der Waals surface area (Å²) in [4.78, 5) is 12.2. The normalized spacial score (nSPS) is 26.1. The summed E-state index contributed by atoms with van der Waals surface area (Å²) in [5.41, 5.74) is 0.202. The van der Waals surface area contributed by atoms with E-state index in [0.717, 1.165) is 18.5 Å². The first kappa shape index (κ1) is 15.1. The second kappa shape index (κ2) is 6.46. The van der Waals surface area contributed by atoms with E-state index in [9.17, 15) is 4.79 Å². The molecule has 0 aliphatic heterocycles. The zero-order valence-corrected chi connectivity index (χ0v) is 12.6. The topological polar surface area (TPSA) is 47.6 Å². The van der Waals surface area contributed by atoms with Gasteiger partial charge in [0.2, 0.25) is 0 Å². The van der Waals surface area contributed by atoms with Gasteiger partial charge >= 0.3 is 5.97 Å². The van der Waals surface area contributed by atoms with Crippen molar-refractivity contribution in [3.05, 3.63) is 29.3 Å². The summed E-state index contributed by atoms with van der Waals surface area (Å²) >= 11 is 5.88. The van der Waals surface area contributed by atoms with Crippen LogP contribution in [0.2, 0.25) is 5.02 Å². The zero-order chi connectivity index (χ0) is 14.6. The standard InChI is InChI=1S/C15H20ClNO3/c1-19-13-7-9-15(10-8-13,14(18)20-2)17-12-5-3-11(16)4-6-12/h3-6,13,17H,7-10H2,1-2H3. The highest BCUT2D eigenvalue weighted by Gasteiger charge is 2.43. The molecule has 0 spiro atoms. The highest BCUT2D eigenvalue weighted by molar-refractivity contribution is 6.30. The highest BCUT2D eigenvalue weighted by atomic mass is 35.5. The monoisotopic (exact) mass is 297 g/mol. The van der Waals surface area contributed by atoms with Crippen molar-refractivity contribution in [1.82, 2.24) is 0 Å². The number of halogens is 1. The fraction of sp³-hybridized carbons (Fsp3) is 0.533. The molecule has 0 amide bonds. The molecule has 20 heavy (non-hydrogen) atoms. The third-order valence-electron chi connectivity index (χ3n) is 3.92. The lowest BCUT2D eigenvalue weighted by Crippen LogP contribution is -2.50. The lowest BCUT2D eigenvalue weighted by atomic mass is 9.80. The van der Waals surface area contributed by atoms with E-state index in [0.29, 0.717) is 17.9 Å². The number of ether oxygens (including phenoxy) is 2.